The van der Waals surface area contributed by atoms with Crippen molar-refractivity contribution in [3.05, 3.63) is 11.4 Å². The quantitative estimate of drug-likeness (QED) is 0.858. The van der Waals surface area contributed by atoms with Gasteiger partial charge in [0.15, 0.2) is 5.69 Å². The lowest BCUT2D eigenvalue weighted by atomic mass is 10.0. The SMILES string of the molecule is CC(C)C(C)N(C)C(=O)c1n[nH]c(C2CC2)c1N. The van der Waals surface area contributed by atoms with Gasteiger partial charge in [0.05, 0.1) is 11.4 Å². The Morgan fingerprint density at radius 1 is 1.44 bits per heavy atom. The number of nitrogens with zero attached hydrogens (tertiary/aromatic N) is 2. The van der Waals surface area contributed by atoms with Crippen molar-refractivity contribution < 1.29 is 4.79 Å². The maximum Gasteiger partial charge on any atom is 0.276 e. The molecule has 1 fully saturated rings. The molecule has 0 radical (unpaired) electrons. The van der Waals surface area contributed by atoms with Gasteiger partial charge < -0.3 is 10.6 Å². The zero-order chi connectivity index (χ0) is 13.4. The zero-order valence-corrected chi connectivity index (χ0v) is 11.5. The number of nitrogen functional groups attached to an aromatic ring is 1. The molecule has 5 nitrogen and oxygen atoms in total. The molecule has 1 aromatic rings. The second kappa shape index (κ2) is 4.63. The molecule has 1 aliphatic carbocycles. The molecule has 1 aromatic heterocycles. The number of hydrogen-bond acceptors (Lipinski definition) is 3. The normalized spacial score (nSPS) is 16.9. The lowest BCUT2D eigenvalue weighted by Crippen LogP contribution is -2.38. The van der Waals surface area contributed by atoms with Crippen LogP contribution in [0.5, 0.6) is 0 Å². The standard InChI is InChI=1S/C13H22N4O/c1-7(2)8(3)17(4)13(18)12-10(14)11(15-16-12)9-5-6-9/h7-9H,5-6,14H2,1-4H3,(H,15,16). The number of aromatic nitrogens is 2. The van der Waals surface area contributed by atoms with Crippen molar-refractivity contribution in [2.24, 2.45) is 5.92 Å². The van der Waals surface area contributed by atoms with Crippen molar-refractivity contribution in [2.45, 2.75) is 45.6 Å². The second-order valence-corrected chi connectivity index (χ2v) is 5.57. The van der Waals surface area contributed by atoms with Crippen LogP contribution < -0.4 is 5.73 Å². The smallest absolute Gasteiger partial charge is 0.276 e. The monoisotopic (exact) mass is 250 g/mol. The van der Waals surface area contributed by atoms with Gasteiger partial charge in [0, 0.05) is 19.0 Å². The molecule has 0 aromatic carbocycles. The van der Waals surface area contributed by atoms with Crippen LogP contribution in [0, 0.1) is 5.92 Å². The third-order valence-electron chi connectivity index (χ3n) is 3.92. The Labute approximate surface area is 108 Å². The summed E-state index contributed by atoms with van der Waals surface area (Å²) in [7, 11) is 1.80. The van der Waals surface area contributed by atoms with E-state index in [1.54, 1.807) is 11.9 Å². The molecule has 0 bridgehead atoms. The molecular weight excluding hydrogens is 228 g/mol. The number of rotatable bonds is 4. The molecule has 1 heterocycles. The van der Waals surface area contributed by atoms with Gasteiger partial charge in [-0.1, -0.05) is 13.8 Å². The summed E-state index contributed by atoms with van der Waals surface area (Å²) in [5.41, 5.74) is 7.85. The second-order valence-electron chi connectivity index (χ2n) is 5.57. The average Bonchev–Trinajstić information content (AvgIpc) is 3.10. The fourth-order valence-corrected chi connectivity index (χ4v) is 2.01. The van der Waals surface area contributed by atoms with E-state index in [9.17, 15) is 4.79 Å². The largest absolute Gasteiger partial charge is 0.395 e. The molecule has 1 aliphatic rings. The fraction of sp³-hybridized carbons (Fsp3) is 0.692. The summed E-state index contributed by atoms with van der Waals surface area (Å²) in [5.74, 6) is 0.783. The summed E-state index contributed by atoms with van der Waals surface area (Å²) < 4.78 is 0. The molecule has 0 aliphatic heterocycles. The Morgan fingerprint density at radius 3 is 2.56 bits per heavy atom. The maximum absolute atomic E-state index is 12.3. The van der Waals surface area contributed by atoms with Crippen molar-refractivity contribution >= 4 is 11.6 Å². The first-order valence-electron chi connectivity index (χ1n) is 6.54. The summed E-state index contributed by atoms with van der Waals surface area (Å²) in [6.45, 7) is 6.23. The molecule has 2 rings (SSSR count). The minimum absolute atomic E-state index is 0.100. The molecule has 18 heavy (non-hydrogen) atoms. The molecule has 100 valence electrons. The van der Waals surface area contributed by atoms with Crippen LogP contribution in [0.4, 0.5) is 5.69 Å². The molecule has 1 saturated carbocycles. The predicted octanol–water partition coefficient (Wildman–Crippen LogP) is 1.99. The van der Waals surface area contributed by atoms with Crippen molar-refractivity contribution in [1.82, 2.24) is 15.1 Å². The molecule has 5 heteroatoms. The lowest BCUT2D eigenvalue weighted by Gasteiger charge is -2.27. The van der Waals surface area contributed by atoms with Crippen molar-refractivity contribution in [3.8, 4) is 0 Å². The summed E-state index contributed by atoms with van der Waals surface area (Å²) >= 11 is 0. The van der Waals surface area contributed by atoms with E-state index in [-0.39, 0.29) is 11.9 Å². The van der Waals surface area contributed by atoms with Crippen LogP contribution >= 0.6 is 0 Å². The van der Waals surface area contributed by atoms with E-state index in [4.69, 9.17) is 5.73 Å². The van der Waals surface area contributed by atoms with E-state index in [2.05, 4.69) is 24.0 Å². The Morgan fingerprint density at radius 2 is 2.06 bits per heavy atom. The van der Waals surface area contributed by atoms with Gasteiger partial charge in [0.1, 0.15) is 0 Å². The highest BCUT2D eigenvalue weighted by molar-refractivity contribution is 5.97. The number of nitrogens with two attached hydrogens (primary N) is 1. The Balaban J connectivity index is 2.18. The van der Waals surface area contributed by atoms with Crippen LogP contribution in [0.25, 0.3) is 0 Å². The van der Waals surface area contributed by atoms with Gasteiger partial charge in [-0.05, 0) is 25.7 Å². The highest BCUT2D eigenvalue weighted by atomic mass is 16.2. The third kappa shape index (κ3) is 2.21. The number of hydrogen-bond donors (Lipinski definition) is 2. The van der Waals surface area contributed by atoms with Gasteiger partial charge in [-0.15, -0.1) is 0 Å². The molecular formula is C13H22N4O. The summed E-state index contributed by atoms with van der Waals surface area (Å²) in [5, 5.41) is 7.02. The van der Waals surface area contributed by atoms with Crippen LogP contribution in [-0.2, 0) is 0 Å². The highest BCUT2D eigenvalue weighted by Gasteiger charge is 2.31. The zero-order valence-electron chi connectivity index (χ0n) is 11.5. The van der Waals surface area contributed by atoms with E-state index >= 15 is 0 Å². The van der Waals surface area contributed by atoms with Gasteiger partial charge in [-0.3, -0.25) is 9.89 Å². The molecule has 3 N–H and O–H groups in total. The van der Waals surface area contributed by atoms with Crippen LogP contribution in [0.15, 0.2) is 0 Å². The minimum Gasteiger partial charge on any atom is -0.395 e. The van der Waals surface area contributed by atoms with E-state index < -0.39 is 0 Å². The van der Waals surface area contributed by atoms with Gasteiger partial charge in [0.2, 0.25) is 0 Å². The van der Waals surface area contributed by atoms with Crippen LogP contribution in [-0.4, -0.2) is 34.1 Å². The van der Waals surface area contributed by atoms with Gasteiger partial charge in [-0.25, -0.2) is 0 Å². The number of aromatic amines is 1. The van der Waals surface area contributed by atoms with Crippen LogP contribution in [0.2, 0.25) is 0 Å². The number of anilines is 1. The third-order valence-corrected chi connectivity index (χ3v) is 3.92. The summed E-state index contributed by atoms with van der Waals surface area (Å²) in [6.07, 6.45) is 2.27. The first-order chi connectivity index (χ1) is 8.43. The van der Waals surface area contributed by atoms with Gasteiger partial charge in [-0.2, -0.15) is 5.10 Å². The molecule has 1 amide bonds. The number of amides is 1. The average molecular weight is 250 g/mol. The van der Waals surface area contributed by atoms with E-state index in [1.807, 2.05) is 6.92 Å². The number of nitrogens with one attached hydrogen (secondary N) is 1. The molecule has 1 atom stereocenters. The maximum atomic E-state index is 12.3. The van der Waals surface area contributed by atoms with Crippen molar-refractivity contribution in [1.29, 1.82) is 0 Å². The Bertz CT molecular complexity index is 448. The van der Waals surface area contributed by atoms with E-state index in [0.717, 1.165) is 18.5 Å². The summed E-state index contributed by atoms with van der Waals surface area (Å²) in [4.78, 5) is 14.0. The summed E-state index contributed by atoms with van der Waals surface area (Å²) in [6, 6.07) is 0.165. The van der Waals surface area contributed by atoms with E-state index in [0.29, 0.717) is 23.2 Å². The molecule has 0 saturated heterocycles. The molecule has 0 spiro atoms. The van der Waals surface area contributed by atoms with Gasteiger partial charge >= 0.3 is 0 Å². The topological polar surface area (TPSA) is 75.0 Å². The van der Waals surface area contributed by atoms with Gasteiger partial charge in [0.25, 0.3) is 5.91 Å². The Hall–Kier alpha value is -1.52. The first kappa shape index (κ1) is 12.9. The number of H-pyrrole nitrogens is 1. The first-order valence-corrected chi connectivity index (χ1v) is 6.54. The van der Waals surface area contributed by atoms with Crippen molar-refractivity contribution in [3.63, 3.8) is 0 Å². The highest BCUT2D eigenvalue weighted by Crippen LogP contribution is 2.42. The lowest BCUT2D eigenvalue weighted by molar-refractivity contribution is 0.0702. The Kier molecular flexibility index (Phi) is 3.32. The fourth-order valence-electron chi connectivity index (χ4n) is 2.01. The minimum atomic E-state index is -0.100. The molecule has 1 unspecified atom stereocenters. The number of carbonyl (C=O) groups excluding carboxylic acids is 1. The van der Waals surface area contributed by atoms with Crippen LogP contribution in [0.3, 0.4) is 0 Å². The number of carbonyl (C=O) groups is 1. The predicted molar refractivity (Wildman–Crippen MR) is 71.4 cm³/mol. The van der Waals surface area contributed by atoms with E-state index in [1.165, 1.54) is 0 Å². The van der Waals surface area contributed by atoms with Crippen molar-refractivity contribution in [2.75, 3.05) is 12.8 Å². The van der Waals surface area contributed by atoms with Crippen LogP contribution in [0.1, 0.15) is 55.7 Å².